The molecular weight excluding hydrogens is 314 g/mol. The number of halogens is 1. The summed E-state index contributed by atoms with van der Waals surface area (Å²) < 4.78 is 5.21. The number of methoxy groups -OCH3 is 1. The Kier molecular flexibility index (Phi) is 3.23. The Hall–Kier alpha value is -2.53. The van der Waals surface area contributed by atoms with Crippen molar-refractivity contribution in [3.8, 4) is 11.5 Å². The van der Waals surface area contributed by atoms with Crippen molar-refractivity contribution >= 4 is 34.0 Å². The molecule has 116 valence electrons. The highest BCUT2D eigenvalue weighted by Crippen LogP contribution is 2.40. The highest BCUT2D eigenvalue weighted by Gasteiger charge is 2.24. The molecule has 1 aliphatic heterocycles. The van der Waals surface area contributed by atoms with Crippen molar-refractivity contribution in [2.24, 2.45) is 0 Å². The number of hydrogen-bond acceptors (Lipinski definition) is 5. The Morgan fingerprint density at radius 1 is 1.22 bits per heavy atom. The maximum absolute atomic E-state index is 9.94. The maximum atomic E-state index is 9.94. The van der Waals surface area contributed by atoms with Crippen LogP contribution in [0.1, 0.15) is 5.56 Å². The first-order valence-electron chi connectivity index (χ1n) is 7.25. The number of nitrogens with zero attached hydrogens (tertiary/aromatic N) is 3. The van der Waals surface area contributed by atoms with Crippen LogP contribution in [0.25, 0.3) is 10.9 Å². The molecule has 1 aromatic heterocycles. The summed E-state index contributed by atoms with van der Waals surface area (Å²) in [4.78, 5) is 10.8. The van der Waals surface area contributed by atoms with Gasteiger partial charge in [-0.25, -0.2) is 9.97 Å². The second-order valence-corrected chi connectivity index (χ2v) is 5.85. The van der Waals surface area contributed by atoms with E-state index in [2.05, 4.69) is 14.9 Å². The Morgan fingerprint density at radius 3 is 2.91 bits per heavy atom. The maximum Gasteiger partial charge on any atom is 0.161 e. The van der Waals surface area contributed by atoms with Crippen molar-refractivity contribution in [2.45, 2.75) is 6.42 Å². The van der Waals surface area contributed by atoms with E-state index in [1.54, 1.807) is 12.1 Å². The number of fused-ring (bicyclic) bond motifs is 2. The molecule has 5 nitrogen and oxygen atoms in total. The molecule has 4 rings (SSSR count). The Morgan fingerprint density at radius 2 is 2.09 bits per heavy atom. The fourth-order valence-corrected chi connectivity index (χ4v) is 3.18. The van der Waals surface area contributed by atoms with E-state index in [9.17, 15) is 5.11 Å². The van der Waals surface area contributed by atoms with Crippen LogP contribution >= 0.6 is 11.6 Å². The zero-order valence-electron chi connectivity index (χ0n) is 12.5. The van der Waals surface area contributed by atoms with Gasteiger partial charge in [-0.3, -0.25) is 0 Å². The quantitative estimate of drug-likeness (QED) is 0.778. The molecule has 1 N–H and O–H groups in total. The first kappa shape index (κ1) is 14.1. The number of benzene rings is 2. The van der Waals surface area contributed by atoms with Gasteiger partial charge in [0.25, 0.3) is 0 Å². The van der Waals surface area contributed by atoms with Gasteiger partial charge in [-0.05, 0) is 30.2 Å². The van der Waals surface area contributed by atoms with Gasteiger partial charge in [-0.15, -0.1) is 0 Å². The molecule has 1 aliphatic rings. The number of rotatable bonds is 2. The van der Waals surface area contributed by atoms with Gasteiger partial charge in [0.05, 0.1) is 12.6 Å². The third-order valence-electron chi connectivity index (χ3n) is 4.11. The van der Waals surface area contributed by atoms with Gasteiger partial charge in [0.15, 0.2) is 11.5 Å². The highest BCUT2D eigenvalue weighted by atomic mass is 35.5. The van der Waals surface area contributed by atoms with Crippen LogP contribution in [0.5, 0.6) is 11.5 Å². The number of aromatic hydroxyl groups is 1. The average molecular weight is 328 g/mol. The molecule has 0 radical (unpaired) electrons. The molecule has 0 unspecified atom stereocenters. The van der Waals surface area contributed by atoms with Crippen LogP contribution in [-0.2, 0) is 6.42 Å². The summed E-state index contributed by atoms with van der Waals surface area (Å²) in [7, 11) is 1.52. The number of anilines is 2. The van der Waals surface area contributed by atoms with E-state index < -0.39 is 0 Å². The van der Waals surface area contributed by atoms with Crippen LogP contribution in [0.4, 0.5) is 11.5 Å². The molecule has 0 fully saturated rings. The summed E-state index contributed by atoms with van der Waals surface area (Å²) in [6, 6.07) is 9.27. The molecule has 0 saturated carbocycles. The Bertz CT molecular complexity index is 914. The summed E-state index contributed by atoms with van der Waals surface area (Å²) in [5.74, 6) is 1.25. The standard InChI is InChI=1S/C17H14ClN3O2/c1-23-16-7-12-13(8-15(16)22)19-9-20-17(12)21-5-4-10-2-3-11(18)6-14(10)21/h2-3,6-9,22H,4-5H2,1H3. The van der Waals surface area contributed by atoms with Gasteiger partial charge < -0.3 is 14.7 Å². The third-order valence-corrected chi connectivity index (χ3v) is 4.35. The minimum absolute atomic E-state index is 0.0644. The fraction of sp³-hybridized carbons (Fsp3) is 0.176. The molecule has 23 heavy (non-hydrogen) atoms. The minimum atomic E-state index is 0.0644. The number of phenols is 1. The van der Waals surface area contributed by atoms with E-state index in [0.29, 0.717) is 16.3 Å². The van der Waals surface area contributed by atoms with Gasteiger partial charge in [-0.2, -0.15) is 0 Å². The van der Waals surface area contributed by atoms with Crippen molar-refractivity contribution in [1.82, 2.24) is 9.97 Å². The molecule has 0 spiro atoms. The summed E-state index contributed by atoms with van der Waals surface area (Å²) in [6.07, 6.45) is 2.44. The van der Waals surface area contributed by atoms with Crippen molar-refractivity contribution in [2.75, 3.05) is 18.6 Å². The molecule has 3 aromatic rings. The van der Waals surface area contributed by atoms with Crippen molar-refractivity contribution < 1.29 is 9.84 Å². The number of hydrogen-bond donors (Lipinski definition) is 1. The molecule has 0 aliphatic carbocycles. The summed E-state index contributed by atoms with van der Waals surface area (Å²) in [5.41, 5.74) is 2.97. The van der Waals surface area contributed by atoms with Gasteiger partial charge in [0.1, 0.15) is 12.1 Å². The minimum Gasteiger partial charge on any atom is -0.504 e. The number of aromatic nitrogens is 2. The van der Waals surface area contributed by atoms with E-state index in [1.807, 2.05) is 18.2 Å². The molecule has 0 amide bonds. The van der Waals surface area contributed by atoms with E-state index >= 15 is 0 Å². The van der Waals surface area contributed by atoms with Gasteiger partial charge in [0.2, 0.25) is 0 Å². The number of ether oxygens (including phenoxy) is 1. The molecule has 0 saturated heterocycles. The zero-order chi connectivity index (χ0) is 16.0. The van der Waals surface area contributed by atoms with Crippen LogP contribution in [0, 0.1) is 0 Å². The third kappa shape index (κ3) is 2.24. The van der Waals surface area contributed by atoms with Crippen molar-refractivity contribution in [1.29, 1.82) is 0 Å². The fourth-order valence-electron chi connectivity index (χ4n) is 3.01. The lowest BCUT2D eigenvalue weighted by molar-refractivity contribution is 0.374. The highest BCUT2D eigenvalue weighted by molar-refractivity contribution is 6.31. The summed E-state index contributed by atoms with van der Waals surface area (Å²) in [5, 5.41) is 11.5. The Labute approximate surface area is 138 Å². The molecule has 0 atom stereocenters. The largest absolute Gasteiger partial charge is 0.504 e. The topological polar surface area (TPSA) is 58.5 Å². The van der Waals surface area contributed by atoms with E-state index in [1.165, 1.54) is 19.0 Å². The van der Waals surface area contributed by atoms with Crippen LogP contribution < -0.4 is 9.64 Å². The lowest BCUT2D eigenvalue weighted by Gasteiger charge is -2.20. The van der Waals surface area contributed by atoms with Gasteiger partial charge in [-0.1, -0.05) is 17.7 Å². The first-order valence-corrected chi connectivity index (χ1v) is 7.63. The van der Waals surface area contributed by atoms with Crippen LogP contribution in [0.15, 0.2) is 36.7 Å². The van der Waals surface area contributed by atoms with E-state index in [0.717, 1.165) is 29.9 Å². The predicted molar refractivity (Wildman–Crippen MR) is 89.9 cm³/mol. The predicted octanol–water partition coefficient (Wildman–Crippen LogP) is 3.69. The molecule has 2 aromatic carbocycles. The molecule has 6 heteroatoms. The average Bonchev–Trinajstić information content (AvgIpc) is 2.96. The lowest BCUT2D eigenvalue weighted by atomic mass is 10.1. The smallest absolute Gasteiger partial charge is 0.161 e. The van der Waals surface area contributed by atoms with Crippen molar-refractivity contribution in [3.05, 3.63) is 47.2 Å². The van der Waals surface area contributed by atoms with Gasteiger partial charge in [0, 0.05) is 28.7 Å². The second-order valence-electron chi connectivity index (χ2n) is 5.41. The van der Waals surface area contributed by atoms with E-state index in [-0.39, 0.29) is 5.75 Å². The molecular formula is C17H14ClN3O2. The van der Waals surface area contributed by atoms with Crippen molar-refractivity contribution in [3.63, 3.8) is 0 Å². The van der Waals surface area contributed by atoms with Crippen LogP contribution in [0.3, 0.4) is 0 Å². The monoisotopic (exact) mass is 327 g/mol. The lowest BCUT2D eigenvalue weighted by Crippen LogP contribution is -2.15. The van der Waals surface area contributed by atoms with Gasteiger partial charge >= 0.3 is 0 Å². The zero-order valence-corrected chi connectivity index (χ0v) is 13.2. The molecule has 2 heterocycles. The summed E-state index contributed by atoms with van der Waals surface area (Å²) in [6.45, 7) is 0.824. The SMILES string of the molecule is COc1cc2c(N3CCc4ccc(Cl)cc43)ncnc2cc1O. The van der Waals surface area contributed by atoms with Crippen LogP contribution in [-0.4, -0.2) is 28.7 Å². The second kappa shape index (κ2) is 5.28. The molecule has 0 bridgehead atoms. The van der Waals surface area contributed by atoms with Crippen LogP contribution in [0.2, 0.25) is 5.02 Å². The van der Waals surface area contributed by atoms with E-state index in [4.69, 9.17) is 16.3 Å². The summed E-state index contributed by atoms with van der Waals surface area (Å²) >= 11 is 6.15. The normalized spacial score (nSPS) is 13.4. The number of phenolic OH excluding ortho intramolecular Hbond substituents is 1. The Balaban J connectivity index is 1.92. The first-order chi connectivity index (χ1) is 11.2.